The summed E-state index contributed by atoms with van der Waals surface area (Å²) in [5.74, 6) is -2.35. The second-order valence-corrected chi connectivity index (χ2v) is 18.1. The molecule has 2 atom stereocenters. The summed E-state index contributed by atoms with van der Waals surface area (Å²) in [4.78, 5) is 37.1. The number of carbonyl (C=O) groups excluding carboxylic acids is 3. The molecule has 0 aromatic rings. The standard InChI is InChI=1S/C57H95NO8/c1-6-8-10-12-14-16-18-20-22-23-24-25-26-27-28-29-30-31-32-33-34-36-38-40-42-44-46-48-55(60)66-53(52-65-57(56(61)62)63-50-49-58(3,4)5)51-64-54(59)47-45-43-41-39-37-35-21-19-17-15-13-11-9-7-2/h8,10,14,16,20,22,24-25,27-28,30-31,33-34,38,40,53,57H,6-7,9,11-13,15,17-19,21,23,26,29,32,35-37,39,41-52H2,1-5H3/b10-8-,16-14-,22-20-,25-24-,28-27-,31-30-,34-33-,40-38-. The number of rotatable bonds is 46. The molecule has 376 valence electrons. The van der Waals surface area contributed by atoms with Crippen molar-refractivity contribution >= 4 is 17.9 Å². The minimum atomic E-state index is -1.64. The molecule has 0 bridgehead atoms. The van der Waals surface area contributed by atoms with E-state index in [0.29, 0.717) is 17.4 Å². The molecule has 0 saturated heterocycles. The second kappa shape index (κ2) is 47.7. The third-order valence-corrected chi connectivity index (χ3v) is 10.6. The second-order valence-electron chi connectivity index (χ2n) is 18.1. The number of aliphatic carboxylic acids is 1. The predicted octanol–water partition coefficient (Wildman–Crippen LogP) is 13.3. The normalized spacial score (nSPS) is 13.7. The summed E-state index contributed by atoms with van der Waals surface area (Å²) < 4.78 is 22.6. The van der Waals surface area contributed by atoms with Crippen LogP contribution in [0.2, 0.25) is 0 Å². The number of carbonyl (C=O) groups is 3. The van der Waals surface area contributed by atoms with E-state index in [-0.39, 0.29) is 38.6 Å². The summed E-state index contributed by atoms with van der Waals surface area (Å²) in [7, 11) is 5.89. The lowest BCUT2D eigenvalue weighted by atomic mass is 10.0. The van der Waals surface area contributed by atoms with Crippen LogP contribution in [0.3, 0.4) is 0 Å². The van der Waals surface area contributed by atoms with Crippen molar-refractivity contribution in [3.8, 4) is 0 Å². The molecule has 0 aliphatic rings. The number of carboxylic acids is 1. The number of carboxylic acid groups (broad SMARTS) is 1. The predicted molar refractivity (Wildman–Crippen MR) is 274 cm³/mol. The molecule has 0 rings (SSSR count). The largest absolute Gasteiger partial charge is 0.545 e. The van der Waals surface area contributed by atoms with E-state index in [2.05, 4.69) is 111 Å². The molecule has 9 nitrogen and oxygen atoms in total. The van der Waals surface area contributed by atoms with Gasteiger partial charge in [-0.25, -0.2) is 0 Å². The lowest BCUT2D eigenvalue weighted by Gasteiger charge is -2.26. The van der Waals surface area contributed by atoms with E-state index in [4.69, 9.17) is 18.9 Å². The van der Waals surface area contributed by atoms with E-state index in [0.717, 1.165) is 83.5 Å². The fourth-order valence-electron chi connectivity index (χ4n) is 6.61. The first-order valence-electron chi connectivity index (χ1n) is 25.9. The first-order valence-corrected chi connectivity index (χ1v) is 25.9. The molecule has 0 amide bonds. The molecule has 9 heteroatoms. The Balaban J connectivity index is 4.43. The molecule has 0 aromatic carbocycles. The average Bonchev–Trinajstić information content (AvgIpc) is 3.28. The number of hydrogen-bond donors (Lipinski definition) is 0. The zero-order chi connectivity index (χ0) is 48.4. The van der Waals surface area contributed by atoms with Crippen LogP contribution < -0.4 is 5.11 Å². The number of allylic oxidation sites excluding steroid dienone is 16. The van der Waals surface area contributed by atoms with Crippen LogP contribution >= 0.6 is 0 Å². The molecule has 0 radical (unpaired) electrons. The lowest BCUT2D eigenvalue weighted by molar-refractivity contribution is -0.870. The fourth-order valence-corrected chi connectivity index (χ4v) is 6.61. The third-order valence-electron chi connectivity index (χ3n) is 10.6. The highest BCUT2D eigenvalue weighted by atomic mass is 16.7. The zero-order valence-corrected chi connectivity index (χ0v) is 42.5. The van der Waals surface area contributed by atoms with E-state index >= 15 is 0 Å². The van der Waals surface area contributed by atoms with Crippen molar-refractivity contribution in [2.75, 3.05) is 47.5 Å². The van der Waals surface area contributed by atoms with E-state index in [1.165, 1.54) is 70.6 Å². The SMILES string of the molecule is CC/C=C\C/C=C\C/C=C\C/C=C\C/C=C\C/C=C\C/C=C\C/C=C\CCCCC(=O)OC(COC(=O)CCCCCCCCCCCCCCCC)COC(OCC[N+](C)(C)C)C(=O)[O-]. The van der Waals surface area contributed by atoms with E-state index in [1.807, 2.05) is 21.1 Å². The number of nitrogens with zero attached hydrogens (tertiary/aromatic N) is 1. The van der Waals surface area contributed by atoms with Gasteiger partial charge in [0.25, 0.3) is 0 Å². The van der Waals surface area contributed by atoms with Gasteiger partial charge in [0.2, 0.25) is 0 Å². The van der Waals surface area contributed by atoms with Gasteiger partial charge >= 0.3 is 11.9 Å². The molecule has 0 spiro atoms. The molecule has 66 heavy (non-hydrogen) atoms. The molecule has 2 unspecified atom stereocenters. The monoisotopic (exact) mass is 922 g/mol. The molecule has 0 N–H and O–H groups in total. The summed E-state index contributed by atoms with van der Waals surface area (Å²) in [6, 6.07) is 0. The number of quaternary nitrogens is 1. The Hall–Kier alpha value is -3.79. The molecule has 0 aromatic heterocycles. The van der Waals surface area contributed by atoms with Crippen molar-refractivity contribution in [3.63, 3.8) is 0 Å². The van der Waals surface area contributed by atoms with Gasteiger partial charge in [-0.2, -0.15) is 0 Å². The van der Waals surface area contributed by atoms with Crippen molar-refractivity contribution in [1.29, 1.82) is 0 Å². The van der Waals surface area contributed by atoms with Crippen molar-refractivity contribution in [3.05, 3.63) is 97.2 Å². The minimum Gasteiger partial charge on any atom is -0.545 e. The third kappa shape index (κ3) is 48.2. The van der Waals surface area contributed by atoms with Crippen LogP contribution in [0, 0.1) is 0 Å². The zero-order valence-electron chi connectivity index (χ0n) is 42.5. The van der Waals surface area contributed by atoms with Crippen molar-refractivity contribution < 1.29 is 42.9 Å². The first kappa shape index (κ1) is 62.2. The topological polar surface area (TPSA) is 111 Å². The molecule has 0 aliphatic heterocycles. The Bertz CT molecular complexity index is 1400. The van der Waals surface area contributed by atoms with Gasteiger partial charge in [-0.3, -0.25) is 9.59 Å². The summed E-state index contributed by atoms with van der Waals surface area (Å²) in [6.07, 6.45) is 60.2. The number of ether oxygens (including phenoxy) is 4. The number of hydrogen-bond acceptors (Lipinski definition) is 8. The molecular weight excluding hydrogens is 827 g/mol. The van der Waals surface area contributed by atoms with Gasteiger partial charge in [0.05, 0.1) is 40.3 Å². The van der Waals surface area contributed by atoms with Crippen molar-refractivity contribution in [2.45, 2.75) is 200 Å². The number of unbranched alkanes of at least 4 members (excludes halogenated alkanes) is 15. The van der Waals surface area contributed by atoms with Gasteiger partial charge in [0.1, 0.15) is 13.2 Å². The van der Waals surface area contributed by atoms with Crippen molar-refractivity contribution in [1.82, 2.24) is 0 Å². The minimum absolute atomic E-state index is 0.135. The average molecular weight is 922 g/mol. The quantitative estimate of drug-likeness (QED) is 0.0195. The Morgan fingerprint density at radius 3 is 1.29 bits per heavy atom. The van der Waals surface area contributed by atoms with Gasteiger partial charge in [0, 0.05) is 12.8 Å². The maximum absolute atomic E-state index is 12.8. The molecular formula is C57H95NO8. The van der Waals surface area contributed by atoms with Gasteiger partial charge in [-0.1, -0.05) is 195 Å². The lowest BCUT2D eigenvalue weighted by Crippen LogP contribution is -2.44. The highest BCUT2D eigenvalue weighted by Crippen LogP contribution is 2.14. The highest BCUT2D eigenvalue weighted by Gasteiger charge is 2.21. The van der Waals surface area contributed by atoms with Crippen molar-refractivity contribution in [2.24, 2.45) is 0 Å². The van der Waals surface area contributed by atoms with Crippen LogP contribution in [0.15, 0.2) is 97.2 Å². The van der Waals surface area contributed by atoms with Crippen LogP contribution in [0.1, 0.15) is 187 Å². The van der Waals surface area contributed by atoms with E-state index in [1.54, 1.807) is 0 Å². The maximum atomic E-state index is 12.8. The van der Waals surface area contributed by atoms with Crippen LogP contribution in [0.25, 0.3) is 0 Å². The van der Waals surface area contributed by atoms with Crippen LogP contribution in [-0.2, 0) is 33.3 Å². The Labute approximate surface area is 403 Å². The van der Waals surface area contributed by atoms with Gasteiger partial charge in [-0.15, -0.1) is 0 Å². The van der Waals surface area contributed by atoms with Gasteiger partial charge in [-0.05, 0) is 77.0 Å². The highest BCUT2D eigenvalue weighted by molar-refractivity contribution is 5.70. The van der Waals surface area contributed by atoms with E-state index < -0.39 is 24.3 Å². The van der Waals surface area contributed by atoms with Crippen LogP contribution in [0.5, 0.6) is 0 Å². The van der Waals surface area contributed by atoms with Crippen LogP contribution in [-0.4, -0.2) is 82.3 Å². The van der Waals surface area contributed by atoms with Gasteiger partial charge < -0.3 is 33.3 Å². The Morgan fingerprint density at radius 2 is 0.864 bits per heavy atom. The Kier molecular flexibility index (Phi) is 45.0. The summed E-state index contributed by atoms with van der Waals surface area (Å²) in [5, 5.41) is 11.7. The smallest absolute Gasteiger partial charge is 0.306 e. The Morgan fingerprint density at radius 1 is 0.470 bits per heavy atom. The number of likely N-dealkylation sites (N-methyl/N-ethyl adjacent to an activating group) is 1. The number of esters is 2. The summed E-state index contributed by atoms with van der Waals surface area (Å²) in [5.41, 5.74) is 0. The van der Waals surface area contributed by atoms with Crippen LogP contribution in [0.4, 0.5) is 0 Å². The molecule has 0 aliphatic carbocycles. The maximum Gasteiger partial charge on any atom is 0.306 e. The van der Waals surface area contributed by atoms with E-state index in [9.17, 15) is 19.5 Å². The summed E-state index contributed by atoms with van der Waals surface area (Å²) >= 11 is 0. The molecule has 0 heterocycles. The molecule has 0 saturated carbocycles. The first-order chi connectivity index (χ1) is 32.1. The van der Waals surface area contributed by atoms with Gasteiger partial charge in [0.15, 0.2) is 12.4 Å². The molecule has 0 fully saturated rings. The summed E-state index contributed by atoms with van der Waals surface area (Å²) in [6.45, 7) is 4.56. The fraction of sp³-hybridized carbons (Fsp3) is 0.667.